The number of nitrogens with one attached hydrogen (secondary N) is 1. The summed E-state index contributed by atoms with van der Waals surface area (Å²) in [7, 11) is 0. The van der Waals surface area contributed by atoms with E-state index < -0.39 is 0 Å². The van der Waals surface area contributed by atoms with Crippen molar-refractivity contribution in [3.8, 4) is 0 Å². The van der Waals surface area contributed by atoms with E-state index in [4.69, 9.17) is 0 Å². The van der Waals surface area contributed by atoms with Gasteiger partial charge in [0, 0.05) is 17.5 Å². The van der Waals surface area contributed by atoms with E-state index in [1.54, 1.807) is 12.1 Å². The molecule has 0 radical (unpaired) electrons. The molecule has 76 valence electrons. The average Bonchev–Trinajstić information content (AvgIpc) is 2.23. The second-order valence-electron chi connectivity index (χ2n) is 3.57. The molecule has 0 aromatic heterocycles. The monoisotopic (exact) mass is 211 g/mol. The van der Waals surface area contributed by atoms with Crippen molar-refractivity contribution < 1.29 is 4.39 Å². The van der Waals surface area contributed by atoms with Crippen molar-refractivity contribution in [3.63, 3.8) is 0 Å². The summed E-state index contributed by atoms with van der Waals surface area (Å²) in [5, 5.41) is 3.42. The van der Waals surface area contributed by atoms with E-state index in [1.807, 2.05) is 11.8 Å². The van der Waals surface area contributed by atoms with Crippen molar-refractivity contribution in [2.24, 2.45) is 0 Å². The van der Waals surface area contributed by atoms with Gasteiger partial charge in [0.2, 0.25) is 0 Å². The highest BCUT2D eigenvalue weighted by molar-refractivity contribution is 7.99. The van der Waals surface area contributed by atoms with Gasteiger partial charge in [-0.25, -0.2) is 4.39 Å². The summed E-state index contributed by atoms with van der Waals surface area (Å²) in [6.45, 7) is 0. The van der Waals surface area contributed by atoms with Crippen LogP contribution in [0.5, 0.6) is 0 Å². The van der Waals surface area contributed by atoms with Gasteiger partial charge in [0.05, 0.1) is 0 Å². The number of hydrogen-bond donors (Lipinski definition) is 1. The van der Waals surface area contributed by atoms with E-state index in [1.165, 1.54) is 30.7 Å². The van der Waals surface area contributed by atoms with Crippen molar-refractivity contribution in [2.45, 2.75) is 18.9 Å². The third kappa shape index (κ3) is 2.64. The quantitative estimate of drug-likeness (QED) is 0.806. The van der Waals surface area contributed by atoms with Crippen LogP contribution in [-0.2, 0) is 0 Å². The fraction of sp³-hybridized carbons (Fsp3) is 0.455. The molecule has 0 spiro atoms. The van der Waals surface area contributed by atoms with E-state index in [0.29, 0.717) is 6.04 Å². The molecule has 1 fully saturated rings. The third-order valence-corrected chi connectivity index (χ3v) is 3.59. The first-order chi connectivity index (χ1) is 6.84. The van der Waals surface area contributed by atoms with Crippen LogP contribution in [0.2, 0.25) is 0 Å². The molecule has 0 saturated carbocycles. The standard InChI is InChI=1S/C11H14FNS/c12-9-3-5-10(6-4-9)13-11-2-1-7-14-8-11/h3-6,11,13H,1-2,7-8H2. The lowest BCUT2D eigenvalue weighted by molar-refractivity contribution is 0.627. The first-order valence-electron chi connectivity index (χ1n) is 4.94. The molecule has 0 bridgehead atoms. The van der Waals surface area contributed by atoms with Crippen LogP contribution in [0, 0.1) is 5.82 Å². The SMILES string of the molecule is Fc1ccc(NC2CCCSC2)cc1. The van der Waals surface area contributed by atoms with Crippen molar-refractivity contribution in [2.75, 3.05) is 16.8 Å². The van der Waals surface area contributed by atoms with Crippen LogP contribution in [0.4, 0.5) is 10.1 Å². The van der Waals surface area contributed by atoms with E-state index >= 15 is 0 Å². The van der Waals surface area contributed by atoms with Gasteiger partial charge >= 0.3 is 0 Å². The maximum Gasteiger partial charge on any atom is 0.123 e. The zero-order chi connectivity index (χ0) is 9.80. The Morgan fingerprint density at radius 2 is 2.07 bits per heavy atom. The molecule has 1 aliphatic heterocycles. The normalized spacial score (nSPS) is 21.9. The maximum atomic E-state index is 12.6. The number of halogens is 1. The molecule has 1 N–H and O–H groups in total. The summed E-state index contributed by atoms with van der Waals surface area (Å²) in [5.74, 6) is 2.27. The molecule has 1 atom stereocenters. The Morgan fingerprint density at radius 1 is 1.29 bits per heavy atom. The highest BCUT2D eigenvalue weighted by Gasteiger charge is 2.12. The van der Waals surface area contributed by atoms with Gasteiger partial charge in [-0.3, -0.25) is 0 Å². The Labute approximate surface area is 88.1 Å². The van der Waals surface area contributed by atoms with Gasteiger partial charge in [0.25, 0.3) is 0 Å². The third-order valence-electron chi connectivity index (χ3n) is 2.38. The summed E-state index contributed by atoms with van der Waals surface area (Å²) in [6.07, 6.45) is 2.51. The van der Waals surface area contributed by atoms with Crippen LogP contribution in [0.3, 0.4) is 0 Å². The van der Waals surface area contributed by atoms with Crippen LogP contribution >= 0.6 is 11.8 Å². The smallest absolute Gasteiger partial charge is 0.123 e. The van der Waals surface area contributed by atoms with E-state index in [0.717, 1.165) is 11.4 Å². The Morgan fingerprint density at radius 3 is 2.71 bits per heavy atom. The molecule has 1 nitrogen and oxygen atoms in total. The van der Waals surface area contributed by atoms with Crippen molar-refractivity contribution in [1.29, 1.82) is 0 Å². The van der Waals surface area contributed by atoms with Gasteiger partial charge in [0.1, 0.15) is 5.82 Å². The number of anilines is 1. The summed E-state index contributed by atoms with van der Waals surface area (Å²) in [5.41, 5.74) is 1.03. The topological polar surface area (TPSA) is 12.0 Å². The highest BCUT2D eigenvalue weighted by atomic mass is 32.2. The minimum atomic E-state index is -0.173. The van der Waals surface area contributed by atoms with Gasteiger partial charge in [-0.15, -0.1) is 0 Å². The molecule has 1 heterocycles. The van der Waals surface area contributed by atoms with Gasteiger partial charge in [-0.2, -0.15) is 11.8 Å². The van der Waals surface area contributed by atoms with Crippen LogP contribution in [0.25, 0.3) is 0 Å². The summed E-state index contributed by atoms with van der Waals surface area (Å²) < 4.78 is 12.6. The fourth-order valence-corrected chi connectivity index (χ4v) is 2.71. The lowest BCUT2D eigenvalue weighted by Crippen LogP contribution is -2.25. The zero-order valence-electron chi connectivity index (χ0n) is 8.00. The van der Waals surface area contributed by atoms with Gasteiger partial charge in [0.15, 0.2) is 0 Å². The van der Waals surface area contributed by atoms with Gasteiger partial charge in [-0.05, 0) is 42.9 Å². The largest absolute Gasteiger partial charge is 0.381 e. The Balaban J connectivity index is 1.92. The molecule has 1 aromatic carbocycles. The van der Waals surface area contributed by atoms with E-state index in [-0.39, 0.29) is 5.82 Å². The molecule has 2 rings (SSSR count). The van der Waals surface area contributed by atoms with Gasteiger partial charge in [-0.1, -0.05) is 0 Å². The molecule has 1 unspecified atom stereocenters. The number of benzene rings is 1. The Hall–Kier alpha value is -0.700. The predicted octanol–water partition coefficient (Wildman–Crippen LogP) is 3.13. The second-order valence-corrected chi connectivity index (χ2v) is 4.72. The van der Waals surface area contributed by atoms with Crippen LogP contribution in [-0.4, -0.2) is 17.5 Å². The first kappa shape index (κ1) is 9.84. The molecule has 0 amide bonds. The molecule has 14 heavy (non-hydrogen) atoms. The predicted molar refractivity (Wildman–Crippen MR) is 60.4 cm³/mol. The minimum Gasteiger partial charge on any atom is -0.381 e. The van der Waals surface area contributed by atoms with Crippen LogP contribution < -0.4 is 5.32 Å². The molecule has 0 aliphatic carbocycles. The van der Waals surface area contributed by atoms with Crippen molar-refractivity contribution >= 4 is 17.4 Å². The molecule has 1 aliphatic rings. The lowest BCUT2D eigenvalue weighted by atomic mass is 10.1. The second kappa shape index (κ2) is 4.69. The summed E-state index contributed by atoms with van der Waals surface area (Å²) in [4.78, 5) is 0. The maximum absolute atomic E-state index is 12.6. The highest BCUT2D eigenvalue weighted by Crippen LogP contribution is 2.20. The Bertz CT molecular complexity index is 280. The molecule has 1 saturated heterocycles. The molecule has 3 heteroatoms. The van der Waals surface area contributed by atoms with Crippen molar-refractivity contribution in [3.05, 3.63) is 30.1 Å². The minimum absolute atomic E-state index is 0.173. The first-order valence-corrected chi connectivity index (χ1v) is 6.10. The Kier molecular flexibility index (Phi) is 3.30. The van der Waals surface area contributed by atoms with E-state index in [9.17, 15) is 4.39 Å². The average molecular weight is 211 g/mol. The van der Waals surface area contributed by atoms with Crippen molar-refractivity contribution in [1.82, 2.24) is 0 Å². The summed E-state index contributed by atoms with van der Waals surface area (Å²) >= 11 is 1.99. The fourth-order valence-electron chi connectivity index (χ4n) is 1.64. The molecular formula is C11H14FNS. The zero-order valence-corrected chi connectivity index (χ0v) is 8.82. The van der Waals surface area contributed by atoms with Crippen LogP contribution in [0.1, 0.15) is 12.8 Å². The number of thioether (sulfide) groups is 1. The van der Waals surface area contributed by atoms with Gasteiger partial charge < -0.3 is 5.32 Å². The number of rotatable bonds is 2. The molecular weight excluding hydrogens is 197 g/mol. The number of hydrogen-bond acceptors (Lipinski definition) is 2. The molecule has 1 aromatic rings. The van der Waals surface area contributed by atoms with Crippen LogP contribution in [0.15, 0.2) is 24.3 Å². The lowest BCUT2D eigenvalue weighted by Gasteiger charge is -2.23. The summed E-state index contributed by atoms with van der Waals surface area (Å²) in [6, 6.07) is 7.15. The van der Waals surface area contributed by atoms with E-state index in [2.05, 4.69) is 5.32 Å².